The summed E-state index contributed by atoms with van der Waals surface area (Å²) in [5.74, 6) is -2.56. The smallest absolute Gasteiger partial charge is 0.354 e. The lowest BCUT2D eigenvalue weighted by Crippen LogP contribution is -2.14. The van der Waals surface area contributed by atoms with Gasteiger partial charge in [-0.1, -0.05) is 0 Å². The van der Waals surface area contributed by atoms with Crippen LogP contribution < -0.4 is 5.56 Å². The number of halogens is 2. The number of H-pyrrole nitrogens is 1. The summed E-state index contributed by atoms with van der Waals surface area (Å²) < 4.78 is 30.7. The second kappa shape index (κ2) is 3.97. The van der Waals surface area contributed by atoms with E-state index in [2.05, 4.69) is 9.72 Å². The van der Waals surface area contributed by atoms with Crippen LogP contribution in [0.5, 0.6) is 0 Å². The number of rotatable bonds is 1. The van der Waals surface area contributed by atoms with Crippen LogP contribution in [0.2, 0.25) is 0 Å². The molecule has 0 radical (unpaired) electrons. The van der Waals surface area contributed by atoms with Crippen molar-refractivity contribution in [1.82, 2.24) is 4.98 Å². The summed E-state index contributed by atoms with van der Waals surface area (Å²) in [4.78, 5) is 24.9. The summed E-state index contributed by atoms with van der Waals surface area (Å²) >= 11 is 0. The largest absolute Gasteiger partial charge is 0.464 e. The molecule has 0 aliphatic heterocycles. The Hall–Kier alpha value is -2.24. The van der Waals surface area contributed by atoms with Crippen molar-refractivity contribution in [3.63, 3.8) is 0 Å². The number of esters is 1. The number of carbonyl (C=O) groups is 1. The average Bonchev–Trinajstić information content (AvgIpc) is 2.29. The van der Waals surface area contributed by atoms with Crippen LogP contribution in [0.25, 0.3) is 10.8 Å². The van der Waals surface area contributed by atoms with E-state index in [-0.39, 0.29) is 16.5 Å². The Morgan fingerprint density at radius 1 is 1.24 bits per heavy atom. The van der Waals surface area contributed by atoms with E-state index in [1.807, 2.05) is 0 Å². The molecule has 2 rings (SSSR count). The van der Waals surface area contributed by atoms with Crippen molar-refractivity contribution in [1.29, 1.82) is 0 Å². The van der Waals surface area contributed by atoms with Crippen molar-refractivity contribution in [2.75, 3.05) is 7.11 Å². The molecule has 1 heterocycles. The fraction of sp³-hybridized carbons (Fsp3) is 0.0909. The molecule has 0 bridgehead atoms. The van der Waals surface area contributed by atoms with Crippen LogP contribution in [0, 0.1) is 11.6 Å². The number of aromatic amines is 1. The standard InChI is InChI=1S/C11H7F2NO3/c1-17-11(16)9-4-6-7(10(15)14-9)2-5(12)3-8(6)13/h2-4H,1H3,(H,14,15). The third-order valence-corrected chi connectivity index (χ3v) is 2.28. The lowest BCUT2D eigenvalue weighted by atomic mass is 10.1. The van der Waals surface area contributed by atoms with Gasteiger partial charge in [-0.2, -0.15) is 0 Å². The first-order valence-corrected chi connectivity index (χ1v) is 4.63. The Morgan fingerprint density at radius 3 is 2.59 bits per heavy atom. The lowest BCUT2D eigenvalue weighted by molar-refractivity contribution is 0.0594. The first-order chi connectivity index (χ1) is 8.02. The Bertz CT molecular complexity index is 664. The number of nitrogens with one attached hydrogen (secondary N) is 1. The van der Waals surface area contributed by atoms with Gasteiger partial charge in [-0.05, 0) is 12.1 Å². The number of hydrogen-bond acceptors (Lipinski definition) is 3. The summed E-state index contributed by atoms with van der Waals surface area (Å²) in [6.07, 6.45) is 0. The summed E-state index contributed by atoms with van der Waals surface area (Å²) in [7, 11) is 1.13. The van der Waals surface area contributed by atoms with Crippen LogP contribution in [0.3, 0.4) is 0 Å². The van der Waals surface area contributed by atoms with Gasteiger partial charge in [-0.15, -0.1) is 0 Å². The van der Waals surface area contributed by atoms with Crippen LogP contribution in [-0.4, -0.2) is 18.1 Å². The zero-order valence-corrected chi connectivity index (χ0v) is 8.71. The molecule has 0 fully saturated rings. The van der Waals surface area contributed by atoms with Gasteiger partial charge >= 0.3 is 5.97 Å². The number of ether oxygens (including phenoxy) is 1. The highest BCUT2D eigenvalue weighted by atomic mass is 19.1. The van der Waals surface area contributed by atoms with E-state index >= 15 is 0 Å². The average molecular weight is 239 g/mol. The highest BCUT2D eigenvalue weighted by molar-refractivity contribution is 5.93. The lowest BCUT2D eigenvalue weighted by Gasteiger charge is -2.03. The van der Waals surface area contributed by atoms with Gasteiger partial charge in [0.25, 0.3) is 5.56 Å². The molecule has 0 saturated carbocycles. The number of pyridine rings is 1. The first-order valence-electron chi connectivity index (χ1n) is 4.63. The van der Waals surface area contributed by atoms with Crippen molar-refractivity contribution in [2.24, 2.45) is 0 Å². The zero-order chi connectivity index (χ0) is 12.6. The predicted octanol–water partition coefficient (Wildman–Crippen LogP) is 1.59. The molecule has 88 valence electrons. The molecular weight excluding hydrogens is 232 g/mol. The molecule has 0 unspecified atom stereocenters. The van der Waals surface area contributed by atoms with E-state index in [1.54, 1.807) is 0 Å². The Morgan fingerprint density at radius 2 is 1.94 bits per heavy atom. The van der Waals surface area contributed by atoms with Crippen LogP contribution in [0.15, 0.2) is 23.0 Å². The van der Waals surface area contributed by atoms with Crippen LogP contribution >= 0.6 is 0 Å². The summed E-state index contributed by atoms with van der Waals surface area (Å²) in [6.45, 7) is 0. The van der Waals surface area contributed by atoms with Gasteiger partial charge in [-0.3, -0.25) is 4.79 Å². The molecule has 1 aromatic carbocycles. The van der Waals surface area contributed by atoms with Gasteiger partial charge in [0.15, 0.2) is 0 Å². The first kappa shape index (κ1) is 11.3. The molecule has 0 aliphatic carbocycles. The molecule has 6 heteroatoms. The Labute approximate surface area is 93.8 Å². The second-order valence-corrected chi connectivity index (χ2v) is 3.35. The fourth-order valence-corrected chi connectivity index (χ4v) is 1.51. The molecular formula is C11H7F2NO3. The normalized spacial score (nSPS) is 10.5. The van der Waals surface area contributed by atoms with E-state index in [0.29, 0.717) is 6.07 Å². The number of hydrogen-bond donors (Lipinski definition) is 1. The molecule has 0 saturated heterocycles. The molecule has 0 atom stereocenters. The minimum Gasteiger partial charge on any atom is -0.464 e. The number of fused-ring (bicyclic) bond motifs is 1. The SMILES string of the molecule is COC(=O)c1cc2c(F)cc(F)cc2c(=O)[nH]1. The van der Waals surface area contributed by atoms with E-state index in [4.69, 9.17) is 0 Å². The molecule has 4 nitrogen and oxygen atoms in total. The van der Waals surface area contributed by atoms with Crippen LogP contribution in [-0.2, 0) is 4.74 Å². The third-order valence-electron chi connectivity index (χ3n) is 2.28. The molecule has 0 aliphatic rings. The van der Waals surface area contributed by atoms with E-state index in [1.165, 1.54) is 0 Å². The van der Waals surface area contributed by atoms with Crippen molar-refractivity contribution in [3.8, 4) is 0 Å². The van der Waals surface area contributed by atoms with E-state index < -0.39 is 23.2 Å². The number of benzene rings is 1. The highest BCUT2D eigenvalue weighted by Gasteiger charge is 2.13. The van der Waals surface area contributed by atoms with E-state index in [0.717, 1.165) is 19.2 Å². The van der Waals surface area contributed by atoms with Gasteiger partial charge in [-0.25, -0.2) is 13.6 Å². The molecule has 1 aromatic heterocycles. The van der Waals surface area contributed by atoms with Crippen LogP contribution in [0.1, 0.15) is 10.5 Å². The van der Waals surface area contributed by atoms with Crippen molar-refractivity contribution < 1.29 is 18.3 Å². The van der Waals surface area contributed by atoms with Crippen LogP contribution in [0.4, 0.5) is 8.78 Å². The minimum atomic E-state index is -0.906. The number of carbonyl (C=O) groups excluding carboxylic acids is 1. The molecule has 0 spiro atoms. The van der Waals surface area contributed by atoms with Gasteiger partial charge < -0.3 is 9.72 Å². The zero-order valence-electron chi connectivity index (χ0n) is 8.71. The molecule has 1 N–H and O–H groups in total. The molecule has 0 amide bonds. The van der Waals surface area contributed by atoms with Gasteiger partial charge in [0.2, 0.25) is 0 Å². The monoisotopic (exact) mass is 239 g/mol. The third kappa shape index (κ3) is 1.89. The highest BCUT2D eigenvalue weighted by Crippen LogP contribution is 2.17. The topological polar surface area (TPSA) is 59.2 Å². The van der Waals surface area contributed by atoms with Gasteiger partial charge in [0.1, 0.15) is 17.3 Å². The predicted molar refractivity (Wildman–Crippen MR) is 55.8 cm³/mol. The van der Waals surface area contributed by atoms with Gasteiger partial charge in [0, 0.05) is 11.5 Å². The van der Waals surface area contributed by atoms with Crippen molar-refractivity contribution in [3.05, 3.63) is 45.9 Å². The maximum Gasteiger partial charge on any atom is 0.354 e. The maximum atomic E-state index is 13.4. The number of methoxy groups -OCH3 is 1. The quantitative estimate of drug-likeness (QED) is 0.769. The van der Waals surface area contributed by atoms with E-state index in [9.17, 15) is 18.4 Å². The summed E-state index contributed by atoms with van der Waals surface area (Å²) in [5.41, 5.74) is -0.934. The Kier molecular flexibility index (Phi) is 2.63. The van der Waals surface area contributed by atoms with Crippen molar-refractivity contribution in [2.45, 2.75) is 0 Å². The number of aromatic nitrogens is 1. The summed E-state index contributed by atoms with van der Waals surface area (Å²) in [6, 6.07) is 2.65. The maximum absolute atomic E-state index is 13.4. The molecule has 17 heavy (non-hydrogen) atoms. The fourth-order valence-electron chi connectivity index (χ4n) is 1.51. The minimum absolute atomic E-state index is 0.129. The Balaban J connectivity index is 2.82. The second-order valence-electron chi connectivity index (χ2n) is 3.35. The molecule has 2 aromatic rings. The van der Waals surface area contributed by atoms with Gasteiger partial charge in [0.05, 0.1) is 12.5 Å². The summed E-state index contributed by atoms with van der Waals surface area (Å²) in [5, 5.41) is -0.286. The van der Waals surface area contributed by atoms with Crippen molar-refractivity contribution >= 4 is 16.7 Å².